The van der Waals surface area contributed by atoms with E-state index in [0.29, 0.717) is 16.9 Å². The van der Waals surface area contributed by atoms with Gasteiger partial charge in [-0.15, -0.1) is 0 Å². The van der Waals surface area contributed by atoms with Gasteiger partial charge in [0.25, 0.3) is 5.91 Å². The zero-order valence-electron chi connectivity index (χ0n) is 15.9. The lowest BCUT2D eigenvalue weighted by Gasteiger charge is -2.39. The summed E-state index contributed by atoms with van der Waals surface area (Å²) in [7, 11) is 1.86. The average Bonchev–Trinajstić information content (AvgIpc) is 3.13. The van der Waals surface area contributed by atoms with Crippen molar-refractivity contribution >= 4 is 11.6 Å². The van der Waals surface area contributed by atoms with Crippen molar-refractivity contribution in [3.8, 4) is 11.3 Å². The molecule has 2 aromatic rings. The fourth-order valence-electron chi connectivity index (χ4n) is 3.54. The van der Waals surface area contributed by atoms with Gasteiger partial charge in [-0.2, -0.15) is 0 Å². The summed E-state index contributed by atoms with van der Waals surface area (Å²) < 4.78 is 0. The van der Waals surface area contributed by atoms with Gasteiger partial charge in [-0.1, -0.05) is 30.3 Å². The average molecular weight is 352 g/mol. The highest BCUT2D eigenvalue weighted by Crippen LogP contribution is 2.28. The van der Waals surface area contributed by atoms with Gasteiger partial charge in [0.05, 0.1) is 16.9 Å². The third-order valence-electron chi connectivity index (χ3n) is 5.29. The van der Waals surface area contributed by atoms with Crippen molar-refractivity contribution in [2.75, 3.05) is 32.4 Å². The molecule has 26 heavy (non-hydrogen) atoms. The largest absolute Gasteiger partial charge is 0.396 e. The normalized spacial score (nSPS) is 15.2. The molecule has 5 nitrogen and oxygen atoms in total. The summed E-state index contributed by atoms with van der Waals surface area (Å²) in [6.45, 7) is 7.31. The molecule has 2 N–H and O–H groups in total. The Kier molecular flexibility index (Phi) is 5.28. The smallest absolute Gasteiger partial charge is 0.256 e. The van der Waals surface area contributed by atoms with Crippen LogP contribution in [0, 0.1) is 0 Å². The number of rotatable bonds is 5. The molecule has 0 saturated carbocycles. The maximum atomic E-state index is 13.2. The van der Waals surface area contributed by atoms with E-state index in [2.05, 4.69) is 23.7 Å². The molecule has 1 aliphatic rings. The van der Waals surface area contributed by atoms with E-state index in [1.165, 1.54) is 12.8 Å². The zero-order valence-corrected chi connectivity index (χ0v) is 15.9. The number of nitrogen functional groups attached to an aromatic ring is 1. The molecule has 0 spiro atoms. The lowest BCUT2D eigenvalue weighted by Crippen LogP contribution is -2.52. The number of nitrogens with two attached hydrogens (primary N) is 1. The molecule has 0 unspecified atom stereocenters. The first-order chi connectivity index (χ1) is 12.4. The summed E-state index contributed by atoms with van der Waals surface area (Å²) in [6.07, 6.45) is 4.14. The Morgan fingerprint density at radius 1 is 1.19 bits per heavy atom. The molecule has 1 aromatic heterocycles. The van der Waals surface area contributed by atoms with Crippen molar-refractivity contribution < 1.29 is 4.79 Å². The van der Waals surface area contributed by atoms with Crippen molar-refractivity contribution in [2.45, 2.75) is 32.2 Å². The summed E-state index contributed by atoms with van der Waals surface area (Å²) >= 11 is 0. The Labute approximate surface area is 155 Å². The van der Waals surface area contributed by atoms with Crippen LogP contribution in [0.5, 0.6) is 0 Å². The minimum Gasteiger partial charge on any atom is -0.396 e. The van der Waals surface area contributed by atoms with Gasteiger partial charge in [0.2, 0.25) is 0 Å². The molecular formula is C21H28N4O. The second-order valence-corrected chi connectivity index (χ2v) is 7.65. The molecule has 0 bridgehead atoms. The van der Waals surface area contributed by atoms with Crippen LogP contribution in [-0.2, 0) is 0 Å². The van der Waals surface area contributed by atoms with E-state index in [1.54, 1.807) is 12.3 Å². The maximum Gasteiger partial charge on any atom is 0.256 e. The predicted molar refractivity (Wildman–Crippen MR) is 106 cm³/mol. The van der Waals surface area contributed by atoms with Gasteiger partial charge < -0.3 is 15.5 Å². The van der Waals surface area contributed by atoms with Crippen molar-refractivity contribution in [1.29, 1.82) is 0 Å². The van der Waals surface area contributed by atoms with E-state index in [0.717, 1.165) is 25.2 Å². The summed E-state index contributed by atoms with van der Waals surface area (Å²) in [6, 6.07) is 11.4. The number of aromatic nitrogens is 1. The number of hydrogen-bond acceptors (Lipinski definition) is 4. The highest BCUT2D eigenvalue weighted by atomic mass is 16.2. The first-order valence-corrected chi connectivity index (χ1v) is 9.20. The van der Waals surface area contributed by atoms with E-state index >= 15 is 0 Å². The second kappa shape index (κ2) is 7.46. The number of likely N-dealkylation sites (tertiary alicyclic amines) is 1. The van der Waals surface area contributed by atoms with Crippen LogP contribution >= 0.6 is 0 Å². The van der Waals surface area contributed by atoms with Gasteiger partial charge in [0.1, 0.15) is 0 Å². The maximum absolute atomic E-state index is 13.2. The SMILES string of the molecule is CN(C(=O)c1ccnc(-c2ccccc2)c1N)C(C)(C)CN1CCCC1. The zero-order chi connectivity index (χ0) is 18.7. The number of nitrogens with zero attached hydrogens (tertiary/aromatic N) is 3. The molecule has 0 aliphatic carbocycles. The molecule has 1 amide bonds. The van der Waals surface area contributed by atoms with Crippen LogP contribution in [0.15, 0.2) is 42.6 Å². The van der Waals surface area contributed by atoms with Crippen molar-refractivity contribution in [3.05, 3.63) is 48.2 Å². The number of carbonyl (C=O) groups excluding carboxylic acids is 1. The molecule has 1 saturated heterocycles. The van der Waals surface area contributed by atoms with E-state index in [9.17, 15) is 4.79 Å². The first kappa shape index (κ1) is 18.4. The highest BCUT2D eigenvalue weighted by Gasteiger charge is 2.32. The number of carbonyl (C=O) groups is 1. The summed E-state index contributed by atoms with van der Waals surface area (Å²) in [5.41, 5.74) is 8.58. The number of hydrogen-bond donors (Lipinski definition) is 1. The summed E-state index contributed by atoms with van der Waals surface area (Å²) in [5.74, 6) is -0.0636. The van der Waals surface area contributed by atoms with E-state index in [4.69, 9.17) is 5.73 Å². The van der Waals surface area contributed by atoms with Crippen molar-refractivity contribution in [3.63, 3.8) is 0 Å². The Morgan fingerprint density at radius 3 is 2.50 bits per heavy atom. The minimum absolute atomic E-state index is 0.0636. The van der Waals surface area contributed by atoms with Crippen molar-refractivity contribution in [2.24, 2.45) is 0 Å². The fourth-order valence-corrected chi connectivity index (χ4v) is 3.54. The Morgan fingerprint density at radius 2 is 1.85 bits per heavy atom. The van der Waals surface area contributed by atoms with Crippen LogP contribution in [0.4, 0.5) is 5.69 Å². The summed E-state index contributed by atoms with van der Waals surface area (Å²) in [4.78, 5) is 21.8. The first-order valence-electron chi connectivity index (χ1n) is 9.20. The summed E-state index contributed by atoms with van der Waals surface area (Å²) in [5, 5.41) is 0. The van der Waals surface area contributed by atoms with Crippen LogP contribution in [0.1, 0.15) is 37.0 Å². The van der Waals surface area contributed by atoms with Crippen LogP contribution in [-0.4, -0.2) is 52.9 Å². The van der Waals surface area contributed by atoms with Crippen LogP contribution in [0.2, 0.25) is 0 Å². The van der Waals surface area contributed by atoms with Crippen LogP contribution in [0.3, 0.4) is 0 Å². The highest BCUT2D eigenvalue weighted by molar-refractivity contribution is 6.02. The molecule has 1 fully saturated rings. The van der Waals surface area contributed by atoms with Gasteiger partial charge in [-0.25, -0.2) is 0 Å². The van der Waals surface area contributed by atoms with Gasteiger partial charge >= 0.3 is 0 Å². The standard InChI is InChI=1S/C21H28N4O/c1-21(2,15-25-13-7-8-14-25)24(3)20(26)17-11-12-23-19(18(17)22)16-9-5-4-6-10-16/h4-6,9-12H,7-8,13-15,22H2,1-3H3. The third-order valence-corrected chi connectivity index (χ3v) is 5.29. The quantitative estimate of drug-likeness (QED) is 0.897. The molecule has 1 aromatic carbocycles. The molecule has 1 aliphatic heterocycles. The monoisotopic (exact) mass is 352 g/mol. The van der Waals surface area contributed by atoms with Crippen LogP contribution in [0.25, 0.3) is 11.3 Å². The van der Waals surface area contributed by atoms with E-state index in [-0.39, 0.29) is 11.4 Å². The molecular weight excluding hydrogens is 324 g/mol. The molecule has 2 heterocycles. The number of anilines is 1. The lowest BCUT2D eigenvalue weighted by atomic mass is 10.00. The second-order valence-electron chi connectivity index (χ2n) is 7.65. The molecule has 5 heteroatoms. The Balaban J connectivity index is 1.85. The molecule has 138 valence electrons. The number of likely N-dealkylation sites (N-methyl/N-ethyl adjacent to an activating group) is 1. The third kappa shape index (κ3) is 3.73. The number of pyridine rings is 1. The lowest BCUT2D eigenvalue weighted by molar-refractivity contribution is 0.0556. The van der Waals surface area contributed by atoms with Gasteiger partial charge in [0, 0.05) is 30.9 Å². The predicted octanol–water partition coefficient (Wildman–Crippen LogP) is 3.28. The van der Waals surface area contributed by atoms with Gasteiger partial charge in [0.15, 0.2) is 0 Å². The topological polar surface area (TPSA) is 62.5 Å². The van der Waals surface area contributed by atoms with Gasteiger partial charge in [-0.3, -0.25) is 9.78 Å². The number of benzene rings is 1. The van der Waals surface area contributed by atoms with Crippen LogP contribution < -0.4 is 5.73 Å². The molecule has 3 rings (SSSR count). The Bertz CT molecular complexity index is 767. The molecule has 0 radical (unpaired) electrons. The Hall–Kier alpha value is -2.40. The fraction of sp³-hybridized carbons (Fsp3) is 0.429. The number of amides is 1. The van der Waals surface area contributed by atoms with E-state index in [1.807, 2.05) is 42.3 Å². The minimum atomic E-state index is -0.274. The van der Waals surface area contributed by atoms with Crippen molar-refractivity contribution in [1.82, 2.24) is 14.8 Å². The van der Waals surface area contributed by atoms with E-state index < -0.39 is 0 Å². The van der Waals surface area contributed by atoms with Gasteiger partial charge in [-0.05, 0) is 45.8 Å². The molecule has 0 atom stereocenters.